The summed E-state index contributed by atoms with van der Waals surface area (Å²) in [5, 5.41) is 12.1. The molecule has 0 radical (unpaired) electrons. The van der Waals surface area contributed by atoms with Crippen LogP contribution in [0.1, 0.15) is 79.9 Å². The molecule has 5 nitrogen and oxygen atoms in total. The fraction of sp³-hybridized carbons (Fsp3) is 0.706. The number of likely N-dealkylation sites (tertiary alicyclic amines) is 1. The van der Waals surface area contributed by atoms with Gasteiger partial charge in [-0.1, -0.05) is 19.8 Å². The maximum absolute atomic E-state index is 6.04. The zero-order valence-corrected chi connectivity index (χ0v) is 14.5. The Morgan fingerprint density at radius 2 is 2.04 bits per heavy atom. The largest absolute Gasteiger partial charge is 0.423 e. The molecule has 3 heterocycles. The van der Waals surface area contributed by atoms with Gasteiger partial charge in [0.1, 0.15) is 0 Å². The lowest BCUT2D eigenvalue weighted by molar-refractivity contribution is 0.114. The van der Waals surface area contributed by atoms with Gasteiger partial charge in [0.2, 0.25) is 11.8 Å². The molecule has 0 bridgehead atoms. The van der Waals surface area contributed by atoms with E-state index in [0.717, 1.165) is 37.7 Å². The molecule has 4 rings (SSSR count). The van der Waals surface area contributed by atoms with Gasteiger partial charge < -0.3 is 4.42 Å². The van der Waals surface area contributed by atoms with Crippen molar-refractivity contribution in [1.29, 1.82) is 0 Å². The van der Waals surface area contributed by atoms with Crippen molar-refractivity contribution < 1.29 is 4.42 Å². The molecule has 0 amide bonds. The van der Waals surface area contributed by atoms with Gasteiger partial charge in [-0.25, -0.2) is 4.98 Å². The Morgan fingerprint density at radius 1 is 1.17 bits per heavy atom. The molecule has 1 aliphatic heterocycles. The van der Waals surface area contributed by atoms with Gasteiger partial charge >= 0.3 is 0 Å². The van der Waals surface area contributed by atoms with Crippen molar-refractivity contribution >= 4 is 11.3 Å². The maximum atomic E-state index is 6.04. The zero-order chi connectivity index (χ0) is 15.6. The number of hydrogen-bond donors (Lipinski definition) is 0. The third kappa shape index (κ3) is 3.19. The highest BCUT2D eigenvalue weighted by atomic mass is 32.1. The number of thiazole rings is 1. The predicted molar refractivity (Wildman–Crippen MR) is 89.4 cm³/mol. The molecule has 0 N–H and O–H groups in total. The number of nitrogens with zero attached hydrogens (tertiary/aromatic N) is 4. The van der Waals surface area contributed by atoms with E-state index < -0.39 is 0 Å². The summed E-state index contributed by atoms with van der Waals surface area (Å²) in [6, 6.07) is 0.261. The van der Waals surface area contributed by atoms with Crippen molar-refractivity contribution in [3.63, 3.8) is 0 Å². The van der Waals surface area contributed by atoms with Crippen LogP contribution in [-0.4, -0.2) is 26.6 Å². The zero-order valence-electron chi connectivity index (χ0n) is 13.7. The van der Waals surface area contributed by atoms with Crippen LogP contribution in [0.4, 0.5) is 0 Å². The van der Waals surface area contributed by atoms with Gasteiger partial charge in [0.05, 0.1) is 16.7 Å². The minimum atomic E-state index is 0.261. The number of aromatic nitrogens is 3. The van der Waals surface area contributed by atoms with Gasteiger partial charge in [-0.3, -0.25) is 4.90 Å². The van der Waals surface area contributed by atoms with E-state index in [1.54, 1.807) is 11.3 Å². The van der Waals surface area contributed by atoms with E-state index in [-0.39, 0.29) is 6.04 Å². The second kappa shape index (κ2) is 6.69. The minimum absolute atomic E-state index is 0.261. The van der Waals surface area contributed by atoms with Crippen LogP contribution in [0.2, 0.25) is 0 Å². The van der Waals surface area contributed by atoms with Crippen LogP contribution >= 0.6 is 11.3 Å². The standard InChI is InChI=1S/C17H24N4OS/c1-2-15-18-13(11-23-15)10-21-9-4-3-8-14(21)17-20-19-16(22-17)12-6-5-7-12/h11-12,14H,2-10H2,1H3/t14-/m0/s1. The summed E-state index contributed by atoms with van der Waals surface area (Å²) in [6.45, 7) is 4.14. The van der Waals surface area contributed by atoms with E-state index in [9.17, 15) is 0 Å². The third-order valence-corrected chi connectivity index (χ3v) is 6.12. The summed E-state index contributed by atoms with van der Waals surface area (Å²) < 4.78 is 6.04. The van der Waals surface area contributed by atoms with Gasteiger partial charge in [0.15, 0.2) is 0 Å². The fourth-order valence-corrected chi connectivity index (χ4v) is 4.19. The predicted octanol–water partition coefficient (Wildman–Crippen LogP) is 4.08. The molecular weight excluding hydrogens is 308 g/mol. The van der Waals surface area contributed by atoms with Gasteiger partial charge in [0.25, 0.3) is 0 Å². The third-order valence-electron chi connectivity index (χ3n) is 5.08. The van der Waals surface area contributed by atoms with E-state index in [0.29, 0.717) is 5.92 Å². The van der Waals surface area contributed by atoms with Crippen LogP contribution in [0.5, 0.6) is 0 Å². The van der Waals surface area contributed by atoms with Crippen molar-refractivity contribution in [2.24, 2.45) is 0 Å². The summed E-state index contributed by atoms with van der Waals surface area (Å²) in [4.78, 5) is 7.19. The molecule has 2 fully saturated rings. The Bertz CT molecular complexity index is 649. The minimum Gasteiger partial charge on any atom is -0.423 e. The van der Waals surface area contributed by atoms with Crippen LogP contribution in [0.25, 0.3) is 0 Å². The maximum Gasteiger partial charge on any atom is 0.233 e. The number of rotatable bonds is 5. The first kappa shape index (κ1) is 15.3. The van der Waals surface area contributed by atoms with E-state index >= 15 is 0 Å². The Kier molecular flexibility index (Phi) is 4.44. The molecular formula is C17H24N4OS. The normalized spacial score (nSPS) is 23.1. The van der Waals surface area contributed by atoms with Crippen molar-refractivity contribution in [3.05, 3.63) is 27.9 Å². The Labute approximate surface area is 141 Å². The van der Waals surface area contributed by atoms with Crippen molar-refractivity contribution in [1.82, 2.24) is 20.1 Å². The first-order valence-electron chi connectivity index (χ1n) is 8.84. The number of aryl methyl sites for hydroxylation is 1. The highest BCUT2D eigenvalue weighted by Gasteiger charge is 2.31. The summed E-state index contributed by atoms with van der Waals surface area (Å²) in [5.74, 6) is 2.19. The molecule has 2 aromatic rings. The molecule has 0 aromatic carbocycles. The smallest absolute Gasteiger partial charge is 0.233 e. The first-order valence-corrected chi connectivity index (χ1v) is 9.72. The molecule has 1 saturated carbocycles. The average Bonchev–Trinajstić information content (AvgIpc) is 3.16. The molecule has 1 saturated heterocycles. The Balaban J connectivity index is 1.49. The molecule has 124 valence electrons. The number of piperidine rings is 1. The van der Waals surface area contributed by atoms with E-state index in [1.165, 1.54) is 42.8 Å². The molecule has 0 spiro atoms. The highest BCUT2D eigenvalue weighted by Crippen LogP contribution is 2.38. The van der Waals surface area contributed by atoms with Gasteiger partial charge in [-0.05, 0) is 38.6 Å². The first-order chi connectivity index (χ1) is 11.3. The summed E-state index contributed by atoms with van der Waals surface area (Å²) in [5.41, 5.74) is 1.18. The molecule has 2 aliphatic rings. The molecule has 2 aromatic heterocycles. The van der Waals surface area contributed by atoms with E-state index in [4.69, 9.17) is 9.40 Å². The monoisotopic (exact) mass is 332 g/mol. The summed E-state index contributed by atoms with van der Waals surface area (Å²) in [7, 11) is 0. The topological polar surface area (TPSA) is 55.1 Å². The highest BCUT2D eigenvalue weighted by molar-refractivity contribution is 7.09. The quantitative estimate of drug-likeness (QED) is 0.825. The molecule has 1 atom stereocenters. The molecule has 0 unspecified atom stereocenters. The summed E-state index contributed by atoms with van der Waals surface area (Å²) >= 11 is 1.76. The van der Waals surface area contributed by atoms with Gasteiger partial charge in [0, 0.05) is 17.8 Å². The second-order valence-corrected chi connectivity index (χ2v) is 7.62. The average molecular weight is 332 g/mol. The van der Waals surface area contributed by atoms with Gasteiger partial charge in [-0.15, -0.1) is 21.5 Å². The molecule has 6 heteroatoms. The van der Waals surface area contributed by atoms with Crippen LogP contribution in [-0.2, 0) is 13.0 Å². The van der Waals surface area contributed by atoms with Crippen LogP contribution < -0.4 is 0 Å². The molecule has 1 aliphatic carbocycles. The Hall–Kier alpha value is -1.27. The van der Waals surface area contributed by atoms with Crippen LogP contribution in [0.15, 0.2) is 9.80 Å². The lowest BCUT2D eigenvalue weighted by Crippen LogP contribution is -2.33. The van der Waals surface area contributed by atoms with E-state index in [1.807, 2.05) is 0 Å². The SMILES string of the molecule is CCc1nc(CN2CCCC[C@H]2c2nnc(C3CCC3)o2)cs1. The molecule has 23 heavy (non-hydrogen) atoms. The summed E-state index contributed by atoms with van der Waals surface area (Å²) in [6.07, 6.45) is 8.30. The lowest BCUT2D eigenvalue weighted by atomic mass is 9.85. The van der Waals surface area contributed by atoms with Crippen molar-refractivity contribution in [3.8, 4) is 0 Å². The lowest BCUT2D eigenvalue weighted by Gasteiger charge is -2.32. The Morgan fingerprint density at radius 3 is 2.78 bits per heavy atom. The number of hydrogen-bond acceptors (Lipinski definition) is 6. The van der Waals surface area contributed by atoms with Gasteiger partial charge in [-0.2, -0.15) is 0 Å². The van der Waals surface area contributed by atoms with Crippen molar-refractivity contribution in [2.75, 3.05) is 6.54 Å². The van der Waals surface area contributed by atoms with Crippen molar-refractivity contribution in [2.45, 2.75) is 70.4 Å². The van der Waals surface area contributed by atoms with E-state index in [2.05, 4.69) is 27.4 Å². The fourth-order valence-electron chi connectivity index (χ4n) is 3.45. The van der Waals surface area contributed by atoms with Crippen LogP contribution in [0.3, 0.4) is 0 Å². The second-order valence-electron chi connectivity index (χ2n) is 6.67. The van der Waals surface area contributed by atoms with Crippen LogP contribution in [0, 0.1) is 0 Å².